The zero-order valence-electron chi connectivity index (χ0n) is 21.5. The smallest absolute Gasteiger partial charge is 0.306 e. The Morgan fingerprint density at radius 2 is 1.86 bits per heavy atom. The van der Waals surface area contributed by atoms with Crippen LogP contribution in [0.5, 0.6) is 5.75 Å². The van der Waals surface area contributed by atoms with Crippen LogP contribution in [0.15, 0.2) is 47.1 Å². The molecule has 0 aliphatic heterocycles. The third kappa shape index (κ3) is 5.57. The monoisotopic (exact) mass is 509 g/mol. The number of fused-ring (bicyclic) bond motifs is 1. The first-order valence-electron chi connectivity index (χ1n) is 12.3. The summed E-state index contributed by atoms with van der Waals surface area (Å²) in [7, 11) is 0. The van der Waals surface area contributed by atoms with Crippen molar-refractivity contribution in [3.63, 3.8) is 0 Å². The summed E-state index contributed by atoms with van der Waals surface area (Å²) in [6, 6.07) is 11.7. The van der Waals surface area contributed by atoms with Gasteiger partial charge in [0, 0.05) is 35.2 Å². The Kier molecular flexibility index (Phi) is 7.69. The van der Waals surface area contributed by atoms with Gasteiger partial charge in [0.2, 0.25) is 5.82 Å². The van der Waals surface area contributed by atoms with Crippen molar-refractivity contribution in [2.75, 3.05) is 0 Å². The van der Waals surface area contributed by atoms with E-state index in [0.717, 1.165) is 22.0 Å². The van der Waals surface area contributed by atoms with Gasteiger partial charge in [0.05, 0.1) is 22.7 Å². The number of carbonyl (C=O) groups excluding carboxylic acids is 1. The lowest BCUT2D eigenvalue weighted by atomic mass is 10.1. The summed E-state index contributed by atoms with van der Waals surface area (Å²) in [5.74, 6) is 1.27. The van der Waals surface area contributed by atoms with Crippen LogP contribution in [0.4, 0.5) is 0 Å². The predicted octanol–water partition coefficient (Wildman–Crippen LogP) is 7.26. The number of carbonyl (C=O) groups is 1. The number of hydrogen-bond acceptors (Lipinski definition) is 6. The van der Waals surface area contributed by atoms with Crippen LogP contribution in [0.25, 0.3) is 33.7 Å². The van der Waals surface area contributed by atoms with E-state index < -0.39 is 0 Å². The third-order valence-corrected chi connectivity index (χ3v) is 5.96. The predicted molar refractivity (Wildman–Crippen MR) is 141 cm³/mol. The van der Waals surface area contributed by atoms with Crippen molar-refractivity contribution in [2.45, 2.75) is 72.6 Å². The van der Waals surface area contributed by atoms with Crippen molar-refractivity contribution in [1.29, 1.82) is 0 Å². The molecule has 4 rings (SSSR count). The fourth-order valence-electron chi connectivity index (χ4n) is 4.16. The average Bonchev–Trinajstić information content (AvgIpc) is 3.44. The molecule has 0 spiro atoms. The lowest BCUT2D eigenvalue weighted by Crippen LogP contribution is -2.11. The summed E-state index contributed by atoms with van der Waals surface area (Å²) >= 11 is 6.41. The minimum absolute atomic E-state index is 0.0202. The molecule has 0 aliphatic carbocycles. The second kappa shape index (κ2) is 10.7. The largest absolute Gasteiger partial charge is 0.489 e. The minimum atomic E-state index is -0.196. The molecule has 8 heteroatoms. The van der Waals surface area contributed by atoms with Crippen LogP contribution in [-0.2, 0) is 16.0 Å². The molecule has 0 amide bonds. The quantitative estimate of drug-likeness (QED) is 0.221. The van der Waals surface area contributed by atoms with Gasteiger partial charge in [-0.25, -0.2) is 0 Å². The summed E-state index contributed by atoms with van der Waals surface area (Å²) in [6.45, 7) is 11.9. The fourth-order valence-corrected chi connectivity index (χ4v) is 4.39. The van der Waals surface area contributed by atoms with E-state index in [1.165, 1.54) is 0 Å². The van der Waals surface area contributed by atoms with Crippen molar-refractivity contribution >= 4 is 28.5 Å². The second-order valence-corrected chi connectivity index (χ2v) is 10.0. The summed E-state index contributed by atoms with van der Waals surface area (Å²) in [5.41, 5.74) is 3.66. The number of aryl methyl sites for hydroxylation is 1. The Labute approximate surface area is 216 Å². The second-order valence-electron chi connectivity index (χ2n) is 9.63. The van der Waals surface area contributed by atoms with Crippen LogP contribution in [0.1, 0.15) is 59.6 Å². The third-order valence-electron chi connectivity index (χ3n) is 5.67. The number of halogens is 1. The molecule has 0 atom stereocenters. The van der Waals surface area contributed by atoms with Gasteiger partial charge >= 0.3 is 5.97 Å². The van der Waals surface area contributed by atoms with Gasteiger partial charge in [-0.3, -0.25) is 4.79 Å². The molecular formula is C28H32ClN3O4. The molecule has 0 N–H and O–H groups in total. The number of aromatic nitrogens is 3. The van der Waals surface area contributed by atoms with Crippen LogP contribution in [0.3, 0.4) is 0 Å². The minimum Gasteiger partial charge on any atom is -0.489 e. The van der Waals surface area contributed by atoms with Gasteiger partial charge < -0.3 is 18.6 Å². The SMILES string of the molecule is CC(C)OC(=O)CCc1cn(C(C)C)c2c(-c3noc(-c4ccc(OC(C)C)c(Cl)c4)n3)cccc12. The molecule has 36 heavy (non-hydrogen) atoms. The molecule has 4 aromatic rings. The molecule has 0 fully saturated rings. The van der Waals surface area contributed by atoms with Gasteiger partial charge in [-0.2, -0.15) is 4.98 Å². The highest BCUT2D eigenvalue weighted by atomic mass is 35.5. The van der Waals surface area contributed by atoms with Crippen LogP contribution >= 0.6 is 11.6 Å². The van der Waals surface area contributed by atoms with Crippen molar-refractivity contribution in [3.05, 3.63) is 53.2 Å². The number of rotatable bonds is 9. The van der Waals surface area contributed by atoms with Crippen LogP contribution in [0.2, 0.25) is 5.02 Å². The van der Waals surface area contributed by atoms with Crippen LogP contribution in [0, 0.1) is 0 Å². The molecule has 0 radical (unpaired) electrons. The molecule has 0 unspecified atom stereocenters. The highest BCUT2D eigenvalue weighted by Crippen LogP contribution is 2.35. The first-order valence-corrected chi connectivity index (χ1v) is 12.6. The maximum Gasteiger partial charge on any atom is 0.306 e. The Bertz CT molecular complexity index is 1370. The molecule has 7 nitrogen and oxygen atoms in total. The van der Waals surface area contributed by atoms with E-state index in [4.69, 9.17) is 25.6 Å². The summed E-state index contributed by atoms with van der Waals surface area (Å²) in [4.78, 5) is 16.8. The van der Waals surface area contributed by atoms with E-state index in [2.05, 4.69) is 40.8 Å². The standard InChI is InChI=1S/C28H32ClN3O4/c1-16(2)32-15-20(11-13-25(33)35-18(5)6)21-8-7-9-22(26(21)32)27-30-28(36-31-27)19-10-12-24(23(29)14-19)34-17(3)4/h7-10,12,14-18H,11,13H2,1-6H3. The molecule has 2 heterocycles. The normalized spacial score (nSPS) is 11.7. The molecule has 0 aliphatic rings. The van der Waals surface area contributed by atoms with Crippen molar-refractivity contribution in [1.82, 2.24) is 14.7 Å². The molecule has 0 saturated heterocycles. The van der Waals surface area contributed by atoms with Gasteiger partial charge in [-0.15, -0.1) is 0 Å². The summed E-state index contributed by atoms with van der Waals surface area (Å²) < 4.78 is 18.8. The Hall–Kier alpha value is -3.32. The zero-order chi connectivity index (χ0) is 26.0. The summed E-state index contributed by atoms with van der Waals surface area (Å²) in [6.07, 6.45) is 2.92. The van der Waals surface area contributed by atoms with Crippen LogP contribution < -0.4 is 4.74 Å². The maximum absolute atomic E-state index is 12.1. The van der Waals surface area contributed by atoms with Crippen LogP contribution in [-0.4, -0.2) is 32.9 Å². The Balaban J connectivity index is 1.69. The van der Waals surface area contributed by atoms with E-state index in [1.807, 2.05) is 52.0 Å². The van der Waals surface area contributed by atoms with Gasteiger partial charge in [0.15, 0.2) is 0 Å². The number of esters is 1. The van der Waals surface area contributed by atoms with E-state index in [9.17, 15) is 4.79 Å². The van der Waals surface area contributed by atoms with Gasteiger partial charge in [0.1, 0.15) is 5.75 Å². The Morgan fingerprint density at radius 1 is 1.08 bits per heavy atom. The highest BCUT2D eigenvalue weighted by molar-refractivity contribution is 6.32. The Morgan fingerprint density at radius 3 is 2.53 bits per heavy atom. The van der Waals surface area contributed by atoms with E-state index in [-0.39, 0.29) is 24.2 Å². The molecular weight excluding hydrogens is 478 g/mol. The molecule has 2 aromatic heterocycles. The van der Waals surface area contributed by atoms with Gasteiger partial charge in [-0.1, -0.05) is 28.9 Å². The van der Waals surface area contributed by atoms with Gasteiger partial charge in [0.25, 0.3) is 5.89 Å². The number of para-hydroxylation sites is 1. The first kappa shape index (κ1) is 25.8. The lowest BCUT2D eigenvalue weighted by Gasteiger charge is -2.11. The molecule has 190 valence electrons. The first-order chi connectivity index (χ1) is 17.1. The number of benzene rings is 2. The fraction of sp³-hybridized carbons (Fsp3) is 0.393. The van der Waals surface area contributed by atoms with Gasteiger partial charge in [-0.05, 0) is 77.8 Å². The number of hydrogen-bond donors (Lipinski definition) is 0. The topological polar surface area (TPSA) is 79.4 Å². The molecule has 0 saturated carbocycles. The van der Waals surface area contributed by atoms with Crippen molar-refractivity contribution in [2.24, 2.45) is 0 Å². The number of ether oxygens (including phenoxy) is 2. The van der Waals surface area contributed by atoms with Crippen molar-refractivity contribution in [3.8, 4) is 28.6 Å². The van der Waals surface area contributed by atoms with E-state index >= 15 is 0 Å². The zero-order valence-corrected chi connectivity index (χ0v) is 22.3. The van der Waals surface area contributed by atoms with Crippen molar-refractivity contribution < 1.29 is 18.8 Å². The highest BCUT2D eigenvalue weighted by Gasteiger charge is 2.20. The molecule has 0 bridgehead atoms. The maximum atomic E-state index is 12.1. The summed E-state index contributed by atoms with van der Waals surface area (Å²) in [5, 5.41) is 5.82. The van der Waals surface area contributed by atoms with E-state index in [0.29, 0.717) is 40.9 Å². The average molecular weight is 510 g/mol. The molecule has 2 aromatic carbocycles. The van der Waals surface area contributed by atoms with E-state index in [1.54, 1.807) is 6.07 Å². The number of nitrogens with zero attached hydrogens (tertiary/aromatic N) is 3. The lowest BCUT2D eigenvalue weighted by molar-refractivity contribution is -0.147.